The molecule has 2 nitrogen and oxygen atoms in total. The van der Waals surface area contributed by atoms with Gasteiger partial charge in [0.2, 0.25) is 0 Å². The summed E-state index contributed by atoms with van der Waals surface area (Å²) in [6, 6.07) is 5.37. The quantitative estimate of drug-likeness (QED) is 0.884. The number of benzene rings is 1. The molecule has 3 heteroatoms. The van der Waals surface area contributed by atoms with Crippen molar-refractivity contribution in [3.63, 3.8) is 0 Å². The molecule has 0 atom stereocenters. The highest BCUT2D eigenvalue weighted by Crippen LogP contribution is 2.32. The third kappa shape index (κ3) is 2.88. The van der Waals surface area contributed by atoms with Gasteiger partial charge in [0.25, 0.3) is 0 Å². The van der Waals surface area contributed by atoms with Crippen molar-refractivity contribution in [1.82, 2.24) is 0 Å². The van der Waals surface area contributed by atoms with E-state index in [0.29, 0.717) is 5.75 Å². The average molecular weight is 271 g/mol. The van der Waals surface area contributed by atoms with Gasteiger partial charge < -0.3 is 9.84 Å². The van der Waals surface area contributed by atoms with Crippen molar-refractivity contribution in [2.45, 2.75) is 38.2 Å². The second kappa shape index (κ2) is 4.88. The number of hydrogen-bond donors (Lipinski definition) is 1. The van der Waals surface area contributed by atoms with Crippen LogP contribution in [0.1, 0.15) is 32.1 Å². The minimum Gasteiger partial charge on any atom is -0.504 e. The maximum atomic E-state index is 9.67. The lowest BCUT2D eigenvalue weighted by atomic mass is 9.98. The van der Waals surface area contributed by atoms with Gasteiger partial charge in [-0.3, -0.25) is 0 Å². The second-order valence-electron chi connectivity index (χ2n) is 3.99. The standard InChI is InChI=1S/C12H15BrO2/c13-9-6-7-12(11(14)8-9)15-10-4-2-1-3-5-10/h6-8,10,14H,1-5H2. The maximum Gasteiger partial charge on any atom is 0.161 e. The van der Waals surface area contributed by atoms with Gasteiger partial charge in [0, 0.05) is 4.47 Å². The number of phenolic OH excluding ortho intramolecular Hbond substituents is 1. The van der Waals surface area contributed by atoms with E-state index in [0.717, 1.165) is 17.3 Å². The van der Waals surface area contributed by atoms with Gasteiger partial charge in [0.15, 0.2) is 11.5 Å². The Kier molecular flexibility index (Phi) is 3.52. The van der Waals surface area contributed by atoms with Gasteiger partial charge in [0.05, 0.1) is 6.10 Å². The Balaban J connectivity index is 2.03. The molecule has 0 aliphatic heterocycles. The zero-order valence-corrected chi connectivity index (χ0v) is 10.2. The highest BCUT2D eigenvalue weighted by molar-refractivity contribution is 9.10. The van der Waals surface area contributed by atoms with E-state index < -0.39 is 0 Å². The number of phenols is 1. The highest BCUT2D eigenvalue weighted by Gasteiger charge is 2.16. The van der Waals surface area contributed by atoms with E-state index in [9.17, 15) is 5.11 Å². The molecule has 1 aromatic carbocycles. The summed E-state index contributed by atoms with van der Waals surface area (Å²) in [5.41, 5.74) is 0. The minimum atomic E-state index is 0.218. The number of rotatable bonds is 2. The summed E-state index contributed by atoms with van der Waals surface area (Å²) >= 11 is 3.31. The predicted octanol–water partition coefficient (Wildman–Crippen LogP) is 3.87. The molecule has 2 rings (SSSR count). The first-order valence-corrected chi connectivity index (χ1v) is 6.20. The normalized spacial score (nSPS) is 17.7. The maximum absolute atomic E-state index is 9.67. The van der Waals surface area contributed by atoms with Gasteiger partial charge in [0.1, 0.15) is 0 Å². The van der Waals surface area contributed by atoms with Gasteiger partial charge in [-0.1, -0.05) is 22.4 Å². The van der Waals surface area contributed by atoms with Crippen molar-refractivity contribution in [2.24, 2.45) is 0 Å². The van der Waals surface area contributed by atoms with E-state index in [1.54, 1.807) is 6.07 Å². The van der Waals surface area contributed by atoms with Crippen LogP contribution in [0.15, 0.2) is 22.7 Å². The SMILES string of the molecule is Oc1cc(Br)ccc1OC1CCCCC1. The summed E-state index contributed by atoms with van der Waals surface area (Å²) in [5.74, 6) is 0.819. The highest BCUT2D eigenvalue weighted by atomic mass is 79.9. The van der Waals surface area contributed by atoms with E-state index in [1.165, 1.54) is 19.3 Å². The Morgan fingerprint density at radius 2 is 1.93 bits per heavy atom. The van der Waals surface area contributed by atoms with Crippen LogP contribution in [0.5, 0.6) is 11.5 Å². The molecule has 0 saturated heterocycles. The minimum absolute atomic E-state index is 0.218. The third-order valence-corrected chi connectivity index (χ3v) is 3.26. The number of aromatic hydroxyl groups is 1. The fourth-order valence-electron chi connectivity index (χ4n) is 1.95. The molecular formula is C12H15BrO2. The third-order valence-electron chi connectivity index (χ3n) is 2.77. The molecular weight excluding hydrogens is 256 g/mol. The van der Waals surface area contributed by atoms with Crippen LogP contribution in [-0.4, -0.2) is 11.2 Å². The predicted molar refractivity (Wildman–Crippen MR) is 63.3 cm³/mol. The summed E-state index contributed by atoms with van der Waals surface area (Å²) < 4.78 is 6.64. The van der Waals surface area contributed by atoms with Crippen molar-refractivity contribution >= 4 is 15.9 Å². The second-order valence-corrected chi connectivity index (χ2v) is 4.91. The van der Waals surface area contributed by atoms with Gasteiger partial charge in [-0.05, 0) is 43.9 Å². The molecule has 1 saturated carbocycles. The van der Waals surface area contributed by atoms with Crippen molar-refractivity contribution in [3.05, 3.63) is 22.7 Å². The summed E-state index contributed by atoms with van der Waals surface area (Å²) in [6.45, 7) is 0. The Labute approximate surface area is 98.4 Å². The summed E-state index contributed by atoms with van der Waals surface area (Å²) in [5, 5.41) is 9.67. The van der Waals surface area contributed by atoms with Crippen LogP contribution in [0.4, 0.5) is 0 Å². The van der Waals surface area contributed by atoms with E-state index >= 15 is 0 Å². The first-order chi connectivity index (χ1) is 7.25. The Hall–Kier alpha value is -0.700. The smallest absolute Gasteiger partial charge is 0.161 e. The Bertz CT molecular complexity index is 332. The van der Waals surface area contributed by atoms with Gasteiger partial charge in [-0.2, -0.15) is 0 Å². The van der Waals surface area contributed by atoms with Crippen LogP contribution >= 0.6 is 15.9 Å². The zero-order valence-electron chi connectivity index (χ0n) is 8.58. The van der Waals surface area contributed by atoms with Crippen molar-refractivity contribution in [2.75, 3.05) is 0 Å². The van der Waals surface area contributed by atoms with Crippen LogP contribution in [0.3, 0.4) is 0 Å². The molecule has 0 aromatic heterocycles. The molecule has 15 heavy (non-hydrogen) atoms. The molecule has 0 amide bonds. The molecule has 0 bridgehead atoms. The molecule has 1 aliphatic carbocycles. The van der Waals surface area contributed by atoms with Crippen LogP contribution in [0, 0.1) is 0 Å². The fourth-order valence-corrected chi connectivity index (χ4v) is 2.30. The van der Waals surface area contributed by atoms with Crippen LogP contribution in [-0.2, 0) is 0 Å². The molecule has 0 radical (unpaired) electrons. The Morgan fingerprint density at radius 3 is 2.60 bits per heavy atom. The van der Waals surface area contributed by atoms with Gasteiger partial charge >= 0.3 is 0 Å². The molecule has 1 fully saturated rings. The average Bonchev–Trinajstić information content (AvgIpc) is 2.24. The largest absolute Gasteiger partial charge is 0.504 e. The topological polar surface area (TPSA) is 29.5 Å². The lowest BCUT2D eigenvalue weighted by Crippen LogP contribution is -2.19. The lowest BCUT2D eigenvalue weighted by molar-refractivity contribution is 0.150. The molecule has 82 valence electrons. The fraction of sp³-hybridized carbons (Fsp3) is 0.500. The molecule has 1 aliphatic rings. The molecule has 0 heterocycles. The van der Waals surface area contributed by atoms with Crippen molar-refractivity contribution in [1.29, 1.82) is 0 Å². The van der Waals surface area contributed by atoms with Crippen molar-refractivity contribution < 1.29 is 9.84 Å². The Morgan fingerprint density at radius 1 is 1.20 bits per heavy atom. The van der Waals surface area contributed by atoms with E-state index in [1.807, 2.05) is 12.1 Å². The first kappa shape index (κ1) is 10.8. The van der Waals surface area contributed by atoms with Gasteiger partial charge in [-0.25, -0.2) is 0 Å². The van der Waals surface area contributed by atoms with Crippen molar-refractivity contribution in [3.8, 4) is 11.5 Å². The van der Waals surface area contributed by atoms with Gasteiger partial charge in [-0.15, -0.1) is 0 Å². The monoisotopic (exact) mass is 270 g/mol. The van der Waals surface area contributed by atoms with Crippen LogP contribution in [0.25, 0.3) is 0 Å². The molecule has 0 spiro atoms. The molecule has 1 aromatic rings. The molecule has 0 unspecified atom stereocenters. The number of hydrogen-bond acceptors (Lipinski definition) is 2. The summed E-state index contributed by atoms with van der Waals surface area (Å²) in [7, 11) is 0. The van der Waals surface area contributed by atoms with E-state index in [-0.39, 0.29) is 11.9 Å². The van der Waals surface area contributed by atoms with E-state index in [2.05, 4.69) is 15.9 Å². The number of halogens is 1. The summed E-state index contributed by atoms with van der Waals surface area (Å²) in [4.78, 5) is 0. The molecule has 1 N–H and O–H groups in total. The van der Waals surface area contributed by atoms with E-state index in [4.69, 9.17) is 4.74 Å². The zero-order chi connectivity index (χ0) is 10.7. The lowest BCUT2D eigenvalue weighted by Gasteiger charge is -2.23. The first-order valence-electron chi connectivity index (χ1n) is 5.41. The van der Waals surface area contributed by atoms with Crippen LogP contribution < -0.4 is 4.74 Å². The number of ether oxygens (including phenoxy) is 1. The summed E-state index contributed by atoms with van der Waals surface area (Å²) in [6.07, 6.45) is 6.28. The van der Waals surface area contributed by atoms with Crippen LogP contribution in [0.2, 0.25) is 0 Å².